The lowest BCUT2D eigenvalue weighted by molar-refractivity contribution is -0.150. The van der Waals surface area contributed by atoms with Crippen LogP contribution in [-0.4, -0.2) is 24.0 Å². The first-order valence-corrected chi connectivity index (χ1v) is 10.2. The van der Waals surface area contributed by atoms with E-state index in [0.29, 0.717) is 48.3 Å². The molecule has 4 rings (SSSR count). The Morgan fingerprint density at radius 1 is 1.19 bits per heavy atom. The molecule has 1 aliphatic rings. The van der Waals surface area contributed by atoms with Gasteiger partial charge in [0.15, 0.2) is 0 Å². The molecular formula is C23H21F3N2O4. The maximum absolute atomic E-state index is 12.7. The number of hydrogen-bond donors (Lipinski definition) is 0. The zero-order valence-electron chi connectivity index (χ0n) is 17.3. The second-order valence-corrected chi connectivity index (χ2v) is 7.86. The van der Waals surface area contributed by atoms with Crippen LogP contribution in [0.3, 0.4) is 0 Å². The Kier molecular flexibility index (Phi) is 5.90. The van der Waals surface area contributed by atoms with Crippen molar-refractivity contribution >= 4 is 22.8 Å². The molecule has 1 saturated heterocycles. The molecule has 0 saturated carbocycles. The average molecular weight is 446 g/mol. The smallest absolute Gasteiger partial charge is 0.417 e. The van der Waals surface area contributed by atoms with Gasteiger partial charge in [-0.3, -0.25) is 4.79 Å². The van der Waals surface area contributed by atoms with E-state index in [1.54, 1.807) is 6.07 Å². The number of hydrogen-bond acceptors (Lipinski definition) is 6. The van der Waals surface area contributed by atoms with Crippen LogP contribution in [0.2, 0.25) is 0 Å². The summed E-state index contributed by atoms with van der Waals surface area (Å²) in [6.45, 7) is 2.81. The zero-order valence-corrected chi connectivity index (χ0v) is 17.3. The fourth-order valence-electron chi connectivity index (χ4n) is 3.81. The Labute approximate surface area is 181 Å². The molecule has 3 heterocycles. The third kappa shape index (κ3) is 4.76. The van der Waals surface area contributed by atoms with E-state index in [1.807, 2.05) is 24.0 Å². The van der Waals surface area contributed by atoms with Crippen molar-refractivity contribution in [3.63, 3.8) is 0 Å². The van der Waals surface area contributed by atoms with E-state index in [1.165, 1.54) is 12.1 Å². The summed E-state index contributed by atoms with van der Waals surface area (Å²) in [4.78, 5) is 30.1. The number of fused-ring (bicyclic) bond motifs is 1. The minimum absolute atomic E-state index is 0.0370. The van der Waals surface area contributed by atoms with Gasteiger partial charge in [-0.2, -0.15) is 13.2 Å². The molecule has 1 fully saturated rings. The Morgan fingerprint density at radius 3 is 2.59 bits per heavy atom. The maximum Gasteiger partial charge on any atom is 0.417 e. The van der Waals surface area contributed by atoms with E-state index in [4.69, 9.17) is 9.15 Å². The number of pyridine rings is 1. The number of piperidine rings is 1. The molecule has 0 spiro atoms. The highest BCUT2D eigenvalue weighted by Gasteiger charge is 2.31. The largest absolute Gasteiger partial charge is 0.461 e. The zero-order chi connectivity index (χ0) is 22.9. The van der Waals surface area contributed by atoms with Crippen molar-refractivity contribution < 1.29 is 27.1 Å². The van der Waals surface area contributed by atoms with Gasteiger partial charge in [0.1, 0.15) is 18.0 Å². The number of halogens is 3. The van der Waals surface area contributed by atoms with E-state index >= 15 is 0 Å². The molecular weight excluding hydrogens is 425 g/mol. The van der Waals surface area contributed by atoms with Crippen LogP contribution in [0.25, 0.3) is 11.0 Å². The summed E-state index contributed by atoms with van der Waals surface area (Å²) in [6.07, 6.45) is -2.61. The molecule has 1 aliphatic heterocycles. The topological polar surface area (TPSA) is 72.6 Å². The third-order valence-electron chi connectivity index (χ3n) is 5.58. The predicted molar refractivity (Wildman–Crippen MR) is 111 cm³/mol. The quantitative estimate of drug-likeness (QED) is 0.435. The van der Waals surface area contributed by atoms with Crippen molar-refractivity contribution in [1.82, 2.24) is 4.98 Å². The van der Waals surface area contributed by atoms with Crippen LogP contribution in [0.15, 0.2) is 51.8 Å². The van der Waals surface area contributed by atoms with Crippen LogP contribution in [0.1, 0.15) is 29.5 Å². The van der Waals surface area contributed by atoms with Crippen LogP contribution in [-0.2, 0) is 22.3 Å². The molecule has 9 heteroatoms. The number of alkyl halides is 3. The minimum Gasteiger partial charge on any atom is -0.461 e. The first-order valence-electron chi connectivity index (χ1n) is 10.2. The number of nitrogens with zero attached hydrogens (tertiary/aromatic N) is 2. The molecule has 0 atom stereocenters. The lowest BCUT2D eigenvalue weighted by atomic mass is 9.97. The predicted octanol–water partition coefficient (Wildman–Crippen LogP) is 4.48. The van der Waals surface area contributed by atoms with Gasteiger partial charge in [-0.15, -0.1) is 0 Å². The van der Waals surface area contributed by atoms with Crippen LogP contribution >= 0.6 is 0 Å². The number of carbonyl (C=O) groups is 1. The molecule has 0 unspecified atom stereocenters. The SMILES string of the molecule is Cc1ccc2c(COC(=O)C3CCN(c4ccc(C(F)(F)F)cn4)CC3)cc(=O)oc2c1. The number of esters is 1. The van der Waals surface area contributed by atoms with E-state index in [9.17, 15) is 22.8 Å². The Bertz CT molecular complexity index is 1180. The highest BCUT2D eigenvalue weighted by molar-refractivity contribution is 5.81. The molecule has 168 valence electrons. The molecule has 0 N–H and O–H groups in total. The van der Waals surface area contributed by atoms with Crippen molar-refractivity contribution in [2.24, 2.45) is 5.92 Å². The van der Waals surface area contributed by atoms with Crippen molar-refractivity contribution in [1.29, 1.82) is 0 Å². The van der Waals surface area contributed by atoms with Crippen molar-refractivity contribution in [2.75, 3.05) is 18.0 Å². The van der Waals surface area contributed by atoms with Gasteiger partial charge in [-0.1, -0.05) is 12.1 Å². The molecule has 32 heavy (non-hydrogen) atoms. The molecule has 2 aromatic heterocycles. The number of aromatic nitrogens is 1. The van der Waals surface area contributed by atoms with Crippen LogP contribution in [0.4, 0.5) is 19.0 Å². The summed E-state index contributed by atoms with van der Waals surface area (Å²) in [5, 5.41) is 0.714. The van der Waals surface area contributed by atoms with E-state index in [2.05, 4.69) is 4.98 Å². The number of ether oxygens (including phenoxy) is 1. The number of rotatable bonds is 4. The highest BCUT2D eigenvalue weighted by atomic mass is 19.4. The van der Waals surface area contributed by atoms with Gasteiger partial charge in [-0.05, 0) is 43.5 Å². The number of aryl methyl sites for hydroxylation is 1. The van der Waals surface area contributed by atoms with E-state index in [0.717, 1.165) is 17.8 Å². The standard InChI is InChI=1S/C23H21F3N2O4/c1-14-2-4-18-16(11-21(29)32-19(18)10-14)13-31-22(30)15-6-8-28(9-7-15)20-5-3-17(12-27-20)23(24,25)26/h2-5,10-12,15H,6-9,13H2,1H3. The van der Waals surface area contributed by atoms with Gasteiger partial charge in [0, 0.05) is 36.3 Å². The minimum atomic E-state index is -4.42. The van der Waals surface area contributed by atoms with Crippen LogP contribution in [0, 0.1) is 12.8 Å². The number of carbonyl (C=O) groups excluding carboxylic acids is 1. The van der Waals surface area contributed by atoms with Gasteiger partial charge >= 0.3 is 17.8 Å². The van der Waals surface area contributed by atoms with Crippen molar-refractivity contribution in [2.45, 2.75) is 32.5 Å². The fourth-order valence-corrected chi connectivity index (χ4v) is 3.81. The summed E-state index contributed by atoms with van der Waals surface area (Å²) in [5.74, 6) is -0.240. The normalized spacial score (nSPS) is 15.2. The second-order valence-electron chi connectivity index (χ2n) is 7.86. The van der Waals surface area contributed by atoms with Gasteiger partial charge < -0.3 is 14.1 Å². The number of benzene rings is 1. The highest BCUT2D eigenvalue weighted by Crippen LogP contribution is 2.30. The molecule has 0 amide bonds. The second kappa shape index (κ2) is 8.64. The van der Waals surface area contributed by atoms with Crippen LogP contribution < -0.4 is 10.5 Å². The van der Waals surface area contributed by atoms with E-state index in [-0.39, 0.29) is 18.5 Å². The average Bonchev–Trinajstić information content (AvgIpc) is 2.76. The van der Waals surface area contributed by atoms with Gasteiger partial charge in [0.2, 0.25) is 0 Å². The first kappa shape index (κ1) is 21.9. The van der Waals surface area contributed by atoms with Crippen LogP contribution in [0.5, 0.6) is 0 Å². The lowest BCUT2D eigenvalue weighted by Gasteiger charge is -2.31. The molecule has 0 bridgehead atoms. The van der Waals surface area contributed by atoms with Gasteiger partial charge in [-0.25, -0.2) is 9.78 Å². The summed E-state index contributed by atoms with van der Waals surface area (Å²) in [7, 11) is 0. The number of anilines is 1. The third-order valence-corrected chi connectivity index (χ3v) is 5.58. The molecule has 6 nitrogen and oxygen atoms in total. The molecule has 0 aliphatic carbocycles. The summed E-state index contributed by atoms with van der Waals surface area (Å²) in [5.41, 5.74) is 0.671. The Balaban J connectivity index is 1.35. The lowest BCUT2D eigenvalue weighted by Crippen LogP contribution is -2.37. The Morgan fingerprint density at radius 2 is 1.94 bits per heavy atom. The summed E-state index contributed by atoms with van der Waals surface area (Å²) < 4.78 is 48.8. The van der Waals surface area contributed by atoms with E-state index < -0.39 is 17.4 Å². The van der Waals surface area contributed by atoms with Crippen molar-refractivity contribution in [3.8, 4) is 0 Å². The summed E-state index contributed by atoms with van der Waals surface area (Å²) in [6, 6.07) is 9.14. The monoisotopic (exact) mass is 446 g/mol. The van der Waals surface area contributed by atoms with Gasteiger partial charge in [0.05, 0.1) is 11.5 Å². The Hall–Kier alpha value is -3.36. The maximum atomic E-state index is 12.7. The fraction of sp³-hybridized carbons (Fsp3) is 0.348. The molecule has 3 aromatic rings. The summed E-state index contributed by atoms with van der Waals surface area (Å²) >= 11 is 0. The van der Waals surface area contributed by atoms with Crippen molar-refractivity contribution in [3.05, 3.63) is 69.7 Å². The first-order chi connectivity index (χ1) is 15.2. The molecule has 1 aromatic carbocycles. The van der Waals surface area contributed by atoms with Gasteiger partial charge in [0.25, 0.3) is 0 Å². The molecule has 0 radical (unpaired) electrons.